The summed E-state index contributed by atoms with van der Waals surface area (Å²) in [5.41, 5.74) is 2.39. The third-order valence-corrected chi connectivity index (χ3v) is 5.76. The number of hydrogen-bond acceptors (Lipinski definition) is 5. The predicted molar refractivity (Wildman–Crippen MR) is 124 cm³/mol. The van der Waals surface area contributed by atoms with Gasteiger partial charge in [0.15, 0.2) is 0 Å². The summed E-state index contributed by atoms with van der Waals surface area (Å²) in [5, 5.41) is 11.9. The van der Waals surface area contributed by atoms with E-state index in [9.17, 15) is 9.59 Å². The molecule has 1 saturated heterocycles. The number of carbonyl (C=O) groups excluding carboxylic acids is 1. The highest BCUT2D eigenvalue weighted by Gasteiger charge is 2.22. The molecule has 7 heteroatoms. The summed E-state index contributed by atoms with van der Waals surface area (Å²) in [4.78, 5) is 25.7. The zero-order valence-corrected chi connectivity index (χ0v) is 18.4. The van der Waals surface area contributed by atoms with E-state index in [-0.39, 0.29) is 18.4 Å². The van der Waals surface area contributed by atoms with Gasteiger partial charge in [-0.05, 0) is 49.7 Å². The molecule has 0 saturated carbocycles. The molecule has 2 N–H and O–H groups in total. The lowest BCUT2D eigenvalue weighted by atomic mass is 10.1. The first-order valence-corrected chi connectivity index (χ1v) is 11.2. The molecule has 3 aromatic rings. The number of furan rings is 1. The van der Waals surface area contributed by atoms with Crippen molar-refractivity contribution in [3.8, 4) is 17.1 Å². The Balaban J connectivity index is 1.34. The molecule has 1 aliphatic rings. The topological polar surface area (TPSA) is 92.0 Å². The molecule has 0 radical (unpaired) electrons. The normalized spacial score (nSPS) is 16.3. The number of carbonyl (C=O) groups is 2. The minimum Gasteiger partial charge on any atom is -0.489 e. The number of ether oxygens (including phenoxy) is 1. The van der Waals surface area contributed by atoms with Crippen molar-refractivity contribution in [2.75, 3.05) is 19.6 Å². The van der Waals surface area contributed by atoms with Gasteiger partial charge >= 0.3 is 5.97 Å². The van der Waals surface area contributed by atoms with Crippen LogP contribution < -0.4 is 10.1 Å². The van der Waals surface area contributed by atoms with Crippen molar-refractivity contribution in [1.82, 2.24) is 10.2 Å². The summed E-state index contributed by atoms with van der Waals surface area (Å²) in [6.45, 7) is 2.48. The van der Waals surface area contributed by atoms with Gasteiger partial charge in [0, 0.05) is 36.3 Å². The van der Waals surface area contributed by atoms with Crippen LogP contribution in [0.2, 0.25) is 0 Å². The van der Waals surface area contributed by atoms with E-state index in [1.165, 1.54) is 0 Å². The first-order chi connectivity index (χ1) is 16.1. The van der Waals surface area contributed by atoms with Crippen molar-refractivity contribution in [1.29, 1.82) is 0 Å². The molecule has 0 spiro atoms. The van der Waals surface area contributed by atoms with Crippen LogP contribution in [0.15, 0.2) is 71.3 Å². The zero-order valence-electron chi connectivity index (χ0n) is 18.4. The Morgan fingerprint density at radius 1 is 1.09 bits per heavy atom. The van der Waals surface area contributed by atoms with Crippen molar-refractivity contribution in [3.05, 3.63) is 78.1 Å². The van der Waals surface area contributed by atoms with E-state index in [0.29, 0.717) is 25.2 Å². The average Bonchev–Trinajstić information content (AvgIpc) is 3.37. The van der Waals surface area contributed by atoms with Crippen molar-refractivity contribution >= 4 is 11.9 Å². The molecule has 7 nitrogen and oxygen atoms in total. The fourth-order valence-corrected chi connectivity index (χ4v) is 4.02. The van der Waals surface area contributed by atoms with E-state index in [0.717, 1.165) is 42.0 Å². The molecule has 1 unspecified atom stereocenters. The van der Waals surface area contributed by atoms with Gasteiger partial charge in [0.05, 0.1) is 12.7 Å². The molecule has 2 aromatic carbocycles. The minimum atomic E-state index is -0.783. The first kappa shape index (κ1) is 22.6. The van der Waals surface area contributed by atoms with E-state index >= 15 is 0 Å². The Bertz CT molecular complexity index is 1060. The standard InChI is InChI=1S/C26H28N2O5/c29-25(30)13-15-28-14-3-6-22(18-28)33-24-7-2-1-5-21(24)17-27-26(31)20-11-9-19(10-12-20)23-8-4-16-32-23/h1-2,4-5,7-12,16,22H,3,6,13-15,17-18H2,(H,27,31)(H,29,30). The van der Waals surface area contributed by atoms with Gasteiger partial charge in [0.1, 0.15) is 17.6 Å². The summed E-state index contributed by atoms with van der Waals surface area (Å²) < 4.78 is 11.7. The first-order valence-electron chi connectivity index (χ1n) is 11.2. The Morgan fingerprint density at radius 2 is 1.91 bits per heavy atom. The Labute approximate surface area is 193 Å². The molecule has 1 atom stereocenters. The largest absolute Gasteiger partial charge is 0.489 e. The van der Waals surface area contributed by atoms with Crippen LogP contribution in [-0.4, -0.2) is 47.6 Å². The van der Waals surface area contributed by atoms with Gasteiger partial charge in [0.25, 0.3) is 5.91 Å². The van der Waals surface area contributed by atoms with Crippen LogP contribution in [0.1, 0.15) is 35.2 Å². The van der Waals surface area contributed by atoms with Gasteiger partial charge in [-0.2, -0.15) is 0 Å². The van der Waals surface area contributed by atoms with Crippen molar-refractivity contribution in [2.24, 2.45) is 0 Å². The van der Waals surface area contributed by atoms with Gasteiger partial charge < -0.3 is 19.6 Å². The van der Waals surface area contributed by atoms with Crippen molar-refractivity contribution < 1.29 is 23.8 Å². The van der Waals surface area contributed by atoms with Crippen LogP contribution in [0.25, 0.3) is 11.3 Å². The van der Waals surface area contributed by atoms with Crippen molar-refractivity contribution in [3.63, 3.8) is 0 Å². The Hall–Kier alpha value is -3.58. The molecule has 1 aromatic heterocycles. The van der Waals surface area contributed by atoms with Gasteiger partial charge in [-0.1, -0.05) is 30.3 Å². The van der Waals surface area contributed by atoms with E-state index in [1.54, 1.807) is 18.4 Å². The van der Waals surface area contributed by atoms with Gasteiger partial charge in [-0.15, -0.1) is 0 Å². The zero-order chi connectivity index (χ0) is 23.0. The molecule has 1 aliphatic heterocycles. The maximum Gasteiger partial charge on any atom is 0.304 e. The summed E-state index contributed by atoms with van der Waals surface area (Å²) in [6.07, 6.45) is 3.65. The van der Waals surface area contributed by atoms with Crippen LogP contribution in [0, 0.1) is 0 Å². The van der Waals surface area contributed by atoms with Gasteiger partial charge in [0.2, 0.25) is 0 Å². The monoisotopic (exact) mass is 448 g/mol. The molecule has 1 amide bonds. The number of carboxylic acids is 1. The lowest BCUT2D eigenvalue weighted by Crippen LogP contribution is -2.42. The number of nitrogens with one attached hydrogen (secondary N) is 1. The summed E-state index contributed by atoms with van der Waals surface area (Å²) in [7, 11) is 0. The molecular formula is C26H28N2O5. The number of hydrogen-bond donors (Lipinski definition) is 2. The molecule has 0 aliphatic carbocycles. The van der Waals surface area contributed by atoms with Gasteiger partial charge in [-0.3, -0.25) is 14.5 Å². The minimum absolute atomic E-state index is 0.00135. The van der Waals surface area contributed by atoms with Crippen LogP contribution in [0.4, 0.5) is 0 Å². The second kappa shape index (κ2) is 10.8. The number of carboxylic acid groups (broad SMARTS) is 1. The quantitative estimate of drug-likeness (QED) is 0.510. The summed E-state index contributed by atoms with van der Waals surface area (Å²) in [6, 6.07) is 18.7. The lowest BCUT2D eigenvalue weighted by Gasteiger charge is -2.33. The molecule has 1 fully saturated rings. The maximum atomic E-state index is 12.7. The van der Waals surface area contributed by atoms with E-state index in [2.05, 4.69) is 10.2 Å². The van der Waals surface area contributed by atoms with Crippen LogP contribution in [0.3, 0.4) is 0 Å². The Kier molecular flexibility index (Phi) is 7.42. The average molecular weight is 449 g/mol. The molecule has 172 valence electrons. The highest BCUT2D eigenvalue weighted by Crippen LogP contribution is 2.23. The number of aliphatic carboxylic acids is 1. The fourth-order valence-electron chi connectivity index (χ4n) is 4.02. The van der Waals surface area contributed by atoms with Gasteiger partial charge in [-0.25, -0.2) is 0 Å². The van der Waals surface area contributed by atoms with E-state index in [4.69, 9.17) is 14.3 Å². The SMILES string of the molecule is O=C(O)CCN1CCCC(Oc2ccccc2CNC(=O)c2ccc(-c3ccco3)cc2)C1. The number of amides is 1. The van der Waals surface area contributed by atoms with E-state index in [1.807, 2.05) is 48.5 Å². The summed E-state index contributed by atoms with van der Waals surface area (Å²) in [5.74, 6) is 0.566. The lowest BCUT2D eigenvalue weighted by molar-refractivity contribution is -0.137. The van der Waals surface area contributed by atoms with Crippen LogP contribution in [-0.2, 0) is 11.3 Å². The molecule has 0 bridgehead atoms. The van der Waals surface area contributed by atoms with Crippen molar-refractivity contribution in [2.45, 2.75) is 31.9 Å². The number of likely N-dealkylation sites (tertiary alicyclic amines) is 1. The van der Waals surface area contributed by atoms with E-state index < -0.39 is 5.97 Å². The highest BCUT2D eigenvalue weighted by atomic mass is 16.5. The number of rotatable bonds is 9. The second-order valence-electron chi connectivity index (χ2n) is 8.17. The predicted octanol–water partition coefficient (Wildman–Crippen LogP) is 4.19. The molecule has 2 heterocycles. The number of benzene rings is 2. The molecule has 4 rings (SSSR count). The highest BCUT2D eigenvalue weighted by molar-refractivity contribution is 5.94. The van der Waals surface area contributed by atoms with Crippen LogP contribution in [0.5, 0.6) is 5.75 Å². The summed E-state index contributed by atoms with van der Waals surface area (Å²) >= 11 is 0. The smallest absolute Gasteiger partial charge is 0.304 e. The maximum absolute atomic E-state index is 12.7. The Morgan fingerprint density at radius 3 is 2.67 bits per heavy atom. The molecule has 33 heavy (non-hydrogen) atoms. The second-order valence-corrected chi connectivity index (χ2v) is 8.17. The fraction of sp³-hybridized carbons (Fsp3) is 0.308. The third kappa shape index (κ3) is 6.23. The molecular weight excluding hydrogens is 420 g/mol. The number of piperidine rings is 1. The number of nitrogens with zero attached hydrogens (tertiary/aromatic N) is 1. The van der Waals surface area contributed by atoms with Crippen LogP contribution >= 0.6 is 0 Å². The number of para-hydroxylation sites is 1. The third-order valence-electron chi connectivity index (χ3n) is 5.76.